The number of amidine groups is 1. The zero-order valence-corrected chi connectivity index (χ0v) is 17.9. The Kier molecular flexibility index (Phi) is 5.38. The number of nitrogens with zero attached hydrogens (tertiary/aromatic N) is 4. The Labute approximate surface area is 167 Å². The van der Waals surface area contributed by atoms with E-state index >= 15 is 0 Å². The van der Waals surface area contributed by atoms with Gasteiger partial charge in [-0.05, 0) is 19.8 Å². The van der Waals surface area contributed by atoms with Gasteiger partial charge >= 0.3 is 6.03 Å². The standard InChI is InChI=1S/C16H24N6O4S2/c1-5-8-26-13-12(14-21(19-13)10(4)9-27-14)28(24,25)16(7-3)18-11(6-2)22(20-16)15(17)23/h9,20H,5-8H2,1-4H3,(H2,17,23). The van der Waals surface area contributed by atoms with Crippen molar-refractivity contribution in [1.82, 2.24) is 20.0 Å². The van der Waals surface area contributed by atoms with Gasteiger partial charge in [0.25, 0.3) is 5.88 Å². The van der Waals surface area contributed by atoms with Gasteiger partial charge in [-0.1, -0.05) is 20.8 Å². The van der Waals surface area contributed by atoms with Gasteiger partial charge in [-0.15, -0.1) is 16.4 Å². The first kappa shape index (κ1) is 20.6. The van der Waals surface area contributed by atoms with Crippen molar-refractivity contribution >= 4 is 37.9 Å². The SMILES string of the molecule is CCCOc1nn2c(C)csc2c1S(=O)(=O)C1(CC)N=C(CC)N(C(N)=O)N1. The first-order valence-corrected chi connectivity index (χ1v) is 11.4. The van der Waals surface area contributed by atoms with Crippen LogP contribution in [-0.2, 0) is 9.84 Å². The molecule has 3 rings (SSSR count). The number of nitrogens with two attached hydrogens (primary N) is 1. The highest BCUT2D eigenvalue weighted by molar-refractivity contribution is 7.93. The van der Waals surface area contributed by atoms with E-state index in [1.54, 1.807) is 18.4 Å². The lowest BCUT2D eigenvalue weighted by Gasteiger charge is -2.26. The van der Waals surface area contributed by atoms with E-state index in [9.17, 15) is 13.2 Å². The van der Waals surface area contributed by atoms with Gasteiger partial charge in [0.05, 0.1) is 12.3 Å². The van der Waals surface area contributed by atoms with Crippen LogP contribution in [0, 0.1) is 6.92 Å². The van der Waals surface area contributed by atoms with Gasteiger partial charge in [0, 0.05) is 11.8 Å². The number of hydrazine groups is 1. The lowest BCUT2D eigenvalue weighted by atomic mass is 10.4. The summed E-state index contributed by atoms with van der Waals surface area (Å²) in [6.07, 6.45) is 1.12. The molecule has 0 aliphatic carbocycles. The Balaban J connectivity index is 2.22. The monoisotopic (exact) mass is 428 g/mol. The van der Waals surface area contributed by atoms with Crippen LogP contribution >= 0.6 is 11.3 Å². The van der Waals surface area contributed by atoms with Crippen LogP contribution in [0.3, 0.4) is 0 Å². The fourth-order valence-corrected chi connectivity index (χ4v) is 6.14. The fraction of sp³-hybridized carbons (Fsp3) is 0.562. The maximum Gasteiger partial charge on any atom is 0.335 e. The van der Waals surface area contributed by atoms with Gasteiger partial charge in [-0.3, -0.25) is 0 Å². The molecule has 2 aromatic heterocycles. The number of hydrogen-bond acceptors (Lipinski definition) is 8. The molecule has 154 valence electrons. The van der Waals surface area contributed by atoms with Crippen LogP contribution in [0.2, 0.25) is 0 Å². The quantitative estimate of drug-likeness (QED) is 0.694. The Hall–Kier alpha value is -2.18. The summed E-state index contributed by atoms with van der Waals surface area (Å²) in [4.78, 5) is 14.8. The molecule has 0 saturated carbocycles. The Morgan fingerprint density at radius 1 is 1.39 bits per heavy atom. The minimum Gasteiger partial charge on any atom is -0.476 e. The number of carbonyl (C=O) groups is 1. The number of urea groups is 1. The minimum absolute atomic E-state index is 0.0288. The summed E-state index contributed by atoms with van der Waals surface area (Å²) < 4.78 is 34.8. The van der Waals surface area contributed by atoms with Gasteiger partial charge in [0.1, 0.15) is 10.7 Å². The predicted octanol–water partition coefficient (Wildman–Crippen LogP) is 2.04. The zero-order valence-electron chi connectivity index (χ0n) is 16.2. The van der Waals surface area contributed by atoms with Crippen LogP contribution in [0.4, 0.5) is 4.79 Å². The molecule has 12 heteroatoms. The number of sulfone groups is 1. The molecule has 0 bridgehead atoms. The molecule has 0 saturated heterocycles. The number of nitrogens with one attached hydrogen (secondary N) is 1. The third-order valence-electron chi connectivity index (χ3n) is 4.47. The molecule has 0 fully saturated rings. The fourth-order valence-electron chi connectivity index (χ4n) is 3.01. The van der Waals surface area contributed by atoms with Crippen molar-refractivity contribution in [3.05, 3.63) is 11.1 Å². The average molecular weight is 429 g/mol. The molecule has 10 nitrogen and oxygen atoms in total. The van der Waals surface area contributed by atoms with Crippen molar-refractivity contribution in [2.75, 3.05) is 6.61 Å². The van der Waals surface area contributed by atoms with Crippen LogP contribution in [-0.4, -0.2) is 46.5 Å². The highest BCUT2D eigenvalue weighted by Crippen LogP contribution is 2.40. The Morgan fingerprint density at radius 2 is 2.11 bits per heavy atom. The van der Waals surface area contributed by atoms with E-state index in [4.69, 9.17) is 10.5 Å². The summed E-state index contributed by atoms with van der Waals surface area (Å²) in [6.45, 7) is 7.54. The molecule has 0 spiro atoms. The largest absolute Gasteiger partial charge is 0.476 e. The maximum absolute atomic E-state index is 13.8. The normalized spacial score (nSPS) is 20.0. The molecule has 1 aliphatic heterocycles. The lowest BCUT2D eigenvalue weighted by Crippen LogP contribution is -2.55. The molecule has 28 heavy (non-hydrogen) atoms. The van der Waals surface area contributed by atoms with Crippen molar-refractivity contribution in [3.8, 4) is 5.88 Å². The summed E-state index contributed by atoms with van der Waals surface area (Å²) in [6, 6.07) is -0.819. The number of aromatic nitrogens is 2. The number of aliphatic imine (C=N–C) groups is 1. The van der Waals surface area contributed by atoms with Crippen molar-refractivity contribution in [1.29, 1.82) is 0 Å². The molecule has 1 atom stereocenters. The molecular formula is C16H24N6O4S2. The Morgan fingerprint density at radius 3 is 2.64 bits per heavy atom. The maximum atomic E-state index is 13.8. The predicted molar refractivity (Wildman–Crippen MR) is 106 cm³/mol. The van der Waals surface area contributed by atoms with Crippen molar-refractivity contribution in [2.45, 2.75) is 56.8 Å². The number of ether oxygens (including phenoxy) is 1. The van der Waals surface area contributed by atoms with Crippen LogP contribution in [0.1, 0.15) is 45.7 Å². The second-order valence-corrected chi connectivity index (χ2v) is 9.33. The van der Waals surface area contributed by atoms with Crippen molar-refractivity contribution in [3.63, 3.8) is 0 Å². The van der Waals surface area contributed by atoms with E-state index < -0.39 is 20.9 Å². The van der Waals surface area contributed by atoms with Gasteiger partial charge in [-0.25, -0.2) is 27.7 Å². The summed E-state index contributed by atoms with van der Waals surface area (Å²) in [5.74, 6) is 0.303. The van der Waals surface area contributed by atoms with Crippen LogP contribution in [0.15, 0.2) is 15.3 Å². The van der Waals surface area contributed by atoms with E-state index in [0.29, 0.717) is 24.3 Å². The third kappa shape index (κ3) is 2.95. The molecular weight excluding hydrogens is 404 g/mol. The van der Waals surface area contributed by atoms with E-state index in [2.05, 4.69) is 15.5 Å². The smallest absolute Gasteiger partial charge is 0.335 e. The number of fused-ring (bicyclic) bond motifs is 1. The summed E-state index contributed by atoms with van der Waals surface area (Å²) in [7, 11) is -4.14. The number of carbonyl (C=O) groups excluding carboxylic acids is 1. The zero-order chi connectivity index (χ0) is 20.7. The van der Waals surface area contributed by atoms with Crippen LogP contribution < -0.4 is 15.9 Å². The van der Waals surface area contributed by atoms with Gasteiger partial charge in [-0.2, -0.15) is 5.43 Å². The highest BCUT2D eigenvalue weighted by Gasteiger charge is 2.53. The molecule has 0 radical (unpaired) electrons. The second kappa shape index (κ2) is 7.33. The highest BCUT2D eigenvalue weighted by atomic mass is 32.2. The number of primary amides is 1. The molecule has 3 heterocycles. The number of amides is 2. The van der Waals surface area contributed by atoms with E-state index in [1.165, 1.54) is 11.3 Å². The summed E-state index contributed by atoms with van der Waals surface area (Å²) >= 11 is 1.26. The number of hydrogen-bond donors (Lipinski definition) is 2. The minimum atomic E-state index is -4.14. The summed E-state index contributed by atoms with van der Waals surface area (Å²) in [5.41, 5.74) is 8.91. The van der Waals surface area contributed by atoms with Crippen molar-refractivity contribution in [2.24, 2.45) is 10.7 Å². The van der Waals surface area contributed by atoms with E-state index in [1.807, 2.05) is 19.2 Å². The topological polar surface area (TPSA) is 131 Å². The molecule has 2 amide bonds. The second-order valence-electron chi connectivity index (χ2n) is 6.39. The first-order chi connectivity index (χ1) is 13.2. The molecule has 3 N–H and O–H groups in total. The molecule has 2 aromatic rings. The van der Waals surface area contributed by atoms with E-state index in [-0.39, 0.29) is 23.0 Å². The van der Waals surface area contributed by atoms with E-state index in [0.717, 1.165) is 10.7 Å². The van der Waals surface area contributed by atoms with Crippen LogP contribution in [0.5, 0.6) is 5.88 Å². The van der Waals surface area contributed by atoms with Gasteiger partial charge < -0.3 is 10.5 Å². The molecule has 1 unspecified atom stereocenters. The number of thiazole rings is 1. The summed E-state index contributed by atoms with van der Waals surface area (Å²) in [5, 5.41) is 7.17. The number of rotatable bonds is 7. The molecule has 1 aliphatic rings. The third-order valence-corrected chi connectivity index (χ3v) is 7.93. The Bertz CT molecular complexity index is 1040. The van der Waals surface area contributed by atoms with Gasteiger partial charge in [0.2, 0.25) is 14.8 Å². The van der Waals surface area contributed by atoms with Crippen LogP contribution in [0.25, 0.3) is 4.83 Å². The first-order valence-electron chi connectivity index (χ1n) is 9.02. The number of aryl methyl sites for hydroxylation is 1. The van der Waals surface area contributed by atoms with Crippen molar-refractivity contribution < 1.29 is 17.9 Å². The average Bonchev–Trinajstić information content (AvgIpc) is 3.33. The molecule has 0 aromatic carbocycles. The lowest BCUT2D eigenvalue weighted by molar-refractivity contribution is 0.208. The van der Waals surface area contributed by atoms with Gasteiger partial charge in [0.15, 0.2) is 4.90 Å².